The number of aryl methyl sites for hydroxylation is 1. The number of halogens is 1. The molecule has 1 aliphatic heterocycles. The molecule has 0 fully saturated rings. The van der Waals surface area contributed by atoms with Gasteiger partial charge in [-0.3, -0.25) is 0 Å². The van der Waals surface area contributed by atoms with Crippen molar-refractivity contribution in [1.29, 1.82) is 0 Å². The lowest BCUT2D eigenvalue weighted by Crippen LogP contribution is -2.16. The van der Waals surface area contributed by atoms with Crippen LogP contribution in [0.1, 0.15) is 39.7 Å². The molecule has 6 aromatic rings. The molecular weight excluding hydrogens is 526 g/mol. The Morgan fingerprint density at radius 1 is 0.950 bits per heavy atom. The van der Waals surface area contributed by atoms with Crippen LogP contribution in [-0.4, -0.2) is 35.6 Å². The monoisotopic (exact) mass is 547 g/mol. The highest BCUT2D eigenvalue weighted by molar-refractivity contribution is 6.31. The minimum Gasteiger partial charge on any atom is -0.420 e. The van der Waals surface area contributed by atoms with Crippen LogP contribution in [0.4, 0.5) is 0 Å². The molecule has 3 aromatic heterocycles. The average molecular weight is 548 g/mol. The summed E-state index contributed by atoms with van der Waals surface area (Å²) < 4.78 is 9.89. The van der Waals surface area contributed by atoms with Crippen LogP contribution in [0.5, 0.6) is 11.8 Å². The lowest BCUT2D eigenvalue weighted by atomic mass is 9.84. The van der Waals surface area contributed by atoms with Gasteiger partial charge in [-0.2, -0.15) is 5.10 Å². The maximum absolute atomic E-state index is 6.79. The van der Waals surface area contributed by atoms with Crippen molar-refractivity contribution in [1.82, 2.24) is 29.4 Å². The molecule has 0 aliphatic carbocycles. The minimum absolute atomic E-state index is 0.0909. The quantitative estimate of drug-likeness (QED) is 0.184. The highest BCUT2D eigenvalue weighted by atomic mass is 35.5. The van der Waals surface area contributed by atoms with E-state index in [-0.39, 0.29) is 12.5 Å². The predicted octanol–water partition coefficient (Wildman–Crippen LogP) is 6.11. The third-order valence-electron chi connectivity index (χ3n) is 6.75. The highest BCUT2D eigenvalue weighted by Gasteiger charge is 2.38. The third-order valence-corrected chi connectivity index (χ3v) is 7.09. The molecule has 9 nitrogen and oxygen atoms in total. The Balaban J connectivity index is 1.33. The number of fused-ring (bicyclic) bond motifs is 4. The molecule has 10 heteroatoms. The van der Waals surface area contributed by atoms with Gasteiger partial charge in [0.25, 0.3) is 0 Å². The van der Waals surface area contributed by atoms with Gasteiger partial charge in [-0.15, -0.1) is 5.10 Å². The van der Waals surface area contributed by atoms with Crippen LogP contribution in [-0.2, 0) is 11.4 Å². The van der Waals surface area contributed by atoms with Gasteiger partial charge in [-0.05, 0) is 36.2 Å². The van der Waals surface area contributed by atoms with Gasteiger partial charge in [-0.25, -0.2) is 19.2 Å². The number of oxime groups is 1. The standard InChI is InChI=1S/C30H22ClN7O2/c1-19-25-26(22-14-8-9-15-23(22)31)27-28-34-24(17-39-33-16-20-10-4-2-5-11-20)36-37(28)18-32-29(27)40-30(25)38(35-19)21-12-6-3-7-13-21/h2-16,18,26H,17H2,1H3. The average Bonchev–Trinajstić information content (AvgIpc) is 3.56. The zero-order valence-corrected chi connectivity index (χ0v) is 22.1. The van der Waals surface area contributed by atoms with Crippen molar-refractivity contribution in [3.05, 3.63) is 130 Å². The summed E-state index contributed by atoms with van der Waals surface area (Å²) in [4.78, 5) is 14.9. The Hall–Kier alpha value is -5.02. The van der Waals surface area contributed by atoms with Crippen molar-refractivity contribution >= 4 is 23.5 Å². The Bertz CT molecular complexity index is 1870. The van der Waals surface area contributed by atoms with E-state index in [9.17, 15) is 0 Å². The smallest absolute Gasteiger partial charge is 0.230 e. The van der Waals surface area contributed by atoms with Crippen LogP contribution in [0.15, 0.2) is 96.4 Å². The zero-order valence-electron chi connectivity index (χ0n) is 21.3. The van der Waals surface area contributed by atoms with Crippen molar-refractivity contribution < 1.29 is 9.57 Å². The van der Waals surface area contributed by atoms with Crippen molar-refractivity contribution in [2.45, 2.75) is 19.4 Å². The molecule has 4 heterocycles. The largest absolute Gasteiger partial charge is 0.420 e. The van der Waals surface area contributed by atoms with E-state index in [4.69, 9.17) is 31.3 Å². The summed E-state index contributed by atoms with van der Waals surface area (Å²) in [5, 5.41) is 14.1. The molecule has 40 heavy (non-hydrogen) atoms. The van der Waals surface area contributed by atoms with E-state index < -0.39 is 0 Å². The Labute approximate surface area is 234 Å². The molecule has 0 saturated carbocycles. The number of para-hydroxylation sites is 1. The second kappa shape index (κ2) is 9.94. The highest BCUT2D eigenvalue weighted by Crippen LogP contribution is 2.50. The fourth-order valence-corrected chi connectivity index (χ4v) is 5.23. The summed E-state index contributed by atoms with van der Waals surface area (Å²) in [6.45, 7) is 2.06. The molecular formula is C30H22ClN7O2. The van der Waals surface area contributed by atoms with E-state index >= 15 is 0 Å². The van der Waals surface area contributed by atoms with E-state index in [1.54, 1.807) is 21.7 Å². The van der Waals surface area contributed by atoms with Crippen LogP contribution in [0.25, 0.3) is 11.3 Å². The summed E-state index contributed by atoms with van der Waals surface area (Å²) in [6, 6.07) is 27.3. The molecule has 1 unspecified atom stereocenters. The topological polar surface area (TPSA) is 91.7 Å². The molecule has 0 radical (unpaired) electrons. The lowest BCUT2D eigenvalue weighted by molar-refractivity contribution is 0.126. The number of nitrogens with zero attached hydrogens (tertiary/aromatic N) is 7. The molecule has 0 N–H and O–H groups in total. The van der Waals surface area contributed by atoms with Crippen molar-refractivity contribution in [2.75, 3.05) is 0 Å². The first kappa shape index (κ1) is 24.1. The van der Waals surface area contributed by atoms with Gasteiger partial charge in [-0.1, -0.05) is 83.5 Å². The first-order valence-corrected chi connectivity index (χ1v) is 13.1. The van der Waals surface area contributed by atoms with Crippen molar-refractivity contribution in [3.8, 4) is 17.4 Å². The summed E-state index contributed by atoms with van der Waals surface area (Å²) in [5.41, 5.74) is 5.78. The molecule has 1 aliphatic rings. The van der Waals surface area contributed by atoms with Gasteiger partial charge in [0.2, 0.25) is 11.8 Å². The zero-order chi connectivity index (χ0) is 27.1. The second-order valence-electron chi connectivity index (χ2n) is 9.29. The molecule has 3 aromatic carbocycles. The summed E-state index contributed by atoms with van der Waals surface area (Å²) in [7, 11) is 0. The summed E-state index contributed by atoms with van der Waals surface area (Å²) >= 11 is 6.79. The van der Waals surface area contributed by atoms with E-state index in [0.29, 0.717) is 28.3 Å². The molecule has 0 saturated heterocycles. The van der Waals surface area contributed by atoms with Gasteiger partial charge >= 0.3 is 0 Å². The minimum atomic E-state index is -0.338. The van der Waals surface area contributed by atoms with Gasteiger partial charge in [0.1, 0.15) is 6.33 Å². The van der Waals surface area contributed by atoms with Gasteiger partial charge in [0.05, 0.1) is 34.6 Å². The third kappa shape index (κ3) is 4.17. The lowest BCUT2D eigenvalue weighted by Gasteiger charge is -2.27. The number of benzene rings is 3. The van der Waals surface area contributed by atoms with Gasteiger partial charge < -0.3 is 9.57 Å². The van der Waals surface area contributed by atoms with Crippen LogP contribution in [0.3, 0.4) is 0 Å². The molecule has 1 atom stereocenters. The van der Waals surface area contributed by atoms with E-state index in [1.807, 2.05) is 91.9 Å². The number of rotatable bonds is 6. The van der Waals surface area contributed by atoms with E-state index in [2.05, 4.69) is 15.2 Å². The number of hydrogen-bond donors (Lipinski definition) is 0. The maximum Gasteiger partial charge on any atom is 0.230 e. The SMILES string of the molecule is Cc1nn(-c2ccccc2)c2c1C(c1ccccc1Cl)c1c(ncn3nc(CON=Cc4ccccc4)nc13)O2. The van der Waals surface area contributed by atoms with Crippen molar-refractivity contribution in [2.24, 2.45) is 5.16 Å². The Kier molecular flexibility index (Phi) is 5.98. The van der Waals surface area contributed by atoms with Gasteiger partial charge in [0, 0.05) is 5.02 Å². The molecule has 0 bridgehead atoms. The fourth-order valence-electron chi connectivity index (χ4n) is 4.98. The summed E-state index contributed by atoms with van der Waals surface area (Å²) in [5.74, 6) is 1.14. The molecule has 0 spiro atoms. The van der Waals surface area contributed by atoms with Crippen LogP contribution in [0, 0.1) is 6.92 Å². The van der Waals surface area contributed by atoms with Crippen LogP contribution < -0.4 is 4.74 Å². The second-order valence-corrected chi connectivity index (χ2v) is 9.69. The molecule has 0 amide bonds. The van der Waals surface area contributed by atoms with Crippen LogP contribution >= 0.6 is 11.6 Å². The van der Waals surface area contributed by atoms with Crippen molar-refractivity contribution in [3.63, 3.8) is 0 Å². The Morgan fingerprint density at radius 3 is 2.50 bits per heavy atom. The number of aromatic nitrogens is 6. The Morgan fingerprint density at radius 2 is 1.70 bits per heavy atom. The summed E-state index contributed by atoms with van der Waals surface area (Å²) in [6.07, 6.45) is 3.23. The first-order chi connectivity index (χ1) is 19.7. The molecule has 7 rings (SSSR count). The normalized spacial score (nSPS) is 14.2. The first-order valence-electron chi connectivity index (χ1n) is 12.7. The van der Waals surface area contributed by atoms with E-state index in [1.165, 1.54) is 0 Å². The number of hydrogen-bond acceptors (Lipinski definition) is 7. The predicted molar refractivity (Wildman–Crippen MR) is 150 cm³/mol. The van der Waals surface area contributed by atoms with Gasteiger partial charge in [0.15, 0.2) is 18.1 Å². The molecule has 196 valence electrons. The van der Waals surface area contributed by atoms with E-state index in [0.717, 1.165) is 33.6 Å². The maximum atomic E-state index is 6.79. The van der Waals surface area contributed by atoms with Crippen LogP contribution in [0.2, 0.25) is 5.02 Å². The number of ether oxygens (including phenoxy) is 1. The fraction of sp³-hybridized carbons (Fsp3) is 0.100.